The molecular formula is C15H21ClF2N4O. The molecule has 1 aliphatic heterocycles. The number of amides is 1. The first-order valence-electron chi connectivity index (χ1n) is 7.25. The average molecular weight is 347 g/mol. The smallest absolute Gasteiger partial charge is 0.269 e. The van der Waals surface area contributed by atoms with Crippen molar-refractivity contribution in [1.82, 2.24) is 9.88 Å². The van der Waals surface area contributed by atoms with Crippen molar-refractivity contribution in [1.29, 1.82) is 0 Å². The van der Waals surface area contributed by atoms with Gasteiger partial charge in [-0.05, 0) is 43.4 Å². The van der Waals surface area contributed by atoms with E-state index in [-0.39, 0.29) is 36.7 Å². The number of aromatic nitrogens is 1. The standard InChI is InChI=1S/C15H20F2N4O.ClH/c16-14(17)10-5-7-21(8-6-10)15(22)13(19)4-3-12-2-1-11(18)9-20-12;/h1-2,9,13H,3-8,18-19H2;1H. The van der Waals surface area contributed by atoms with Crippen molar-refractivity contribution in [2.24, 2.45) is 5.73 Å². The molecular weight excluding hydrogens is 326 g/mol. The number of nitrogens with two attached hydrogens (primary N) is 2. The molecule has 128 valence electrons. The molecule has 1 saturated heterocycles. The van der Waals surface area contributed by atoms with Gasteiger partial charge in [0.25, 0.3) is 6.08 Å². The van der Waals surface area contributed by atoms with E-state index < -0.39 is 12.1 Å². The summed E-state index contributed by atoms with van der Waals surface area (Å²) in [4.78, 5) is 17.9. The molecule has 0 aromatic carbocycles. The van der Waals surface area contributed by atoms with E-state index in [1.54, 1.807) is 23.2 Å². The first-order valence-corrected chi connectivity index (χ1v) is 7.25. The molecule has 0 bridgehead atoms. The van der Waals surface area contributed by atoms with Gasteiger partial charge in [-0.25, -0.2) is 0 Å². The normalized spacial score (nSPS) is 15.8. The number of anilines is 1. The fourth-order valence-corrected chi connectivity index (χ4v) is 2.43. The van der Waals surface area contributed by atoms with Gasteiger partial charge in [0.15, 0.2) is 0 Å². The zero-order valence-electron chi connectivity index (χ0n) is 12.7. The molecule has 0 aliphatic carbocycles. The minimum atomic E-state index is -1.62. The molecule has 1 atom stereocenters. The lowest BCUT2D eigenvalue weighted by Gasteiger charge is -2.30. The Labute approximate surface area is 140 Å². The quantitative estimate of drug-likeness (QED) is 0.874. The number of rotatable bonds is 4. The van der Waals surface area contributed by atoms with Crippen LogP contribution in [-0.4, -0.2) is 34.9 Å². The van der Waals surface area contributed by atoms with Crippen LogP contribution in [0.4, 0.5) is 14.5 Å². The van der Waals surface area contributed by atoms with E-state index in [0.29, 0.717) is 31.6 Å². The highest BCUT2D eigenvalue weighted by Crippen LogP contribution is 2.22. The minimum absolute atomic E-state index is 0. The predicted octanol–water partition coefficient (Wildman–Crippen LogP) is 2.12. The summed E-state index contributed by atoms with van der Waals surface area (Å²) in [7, 11) is 0. The van der Waals surface area contributed by atoms with E-state index in [1.165, 1.54) is 0 Å². The average Bonchev–Trinajstić information content (AvgIpc) is 2.53. The molecule has 1 aliphatic rings. The van der Waals surface area contributed by atoms with Crippen molar-refractivity contribution < 1.29 is 13.6 Å². The Morgan fingerprint density at radius 1 is 1.30 bits per heavy atom. The second-order valence-corrected chi connectivity index (χ2v) is 5.42. The van der Waals surface area contributed by atoms with E-state index in [4.69, 9.17) is 11.5 Å². The summed E-state index contributed by atoms with van der Waals surface area (Å²) in [6.07, 6.45) is 1.43. The van der Waals surface area contributed by atoms with Crippen LogP contribution in [0, 0.1) is 0 Å². The largest absolute Gasteiger partial charge is 0.397 e. The van der Waals surface area contributed by atoms with Gasteiger partial charge in [-0.15, -0.1) is 12.4 Å². The van der Waals surface area contributed by atoms with Gasteiger partial charge >= 0.3 is 0 Å². The highest BCUT2D eigenvalue weighted by atomic mass is 35.5. The lowest BCUT2D eigenvalue weighted by atomic mass is 10.0. The molecule has 5 nitrogen and oxygen atoms in total. The molecule has 1 amide bonds. The summed E-state index contributed by atoms with van der Waals surface area (Å²) in [5.74, 6) is -0.186. The van der Waals surface area contributed by atoms with Crippen molar-refractivity contribution in [2.45, 2.75) is 31.7 Å². The lowest BCUT2D eigenvalue weighted by molar-refractivity contribution is -0.133. The van der Waals surface area contributed by atoms with Crippen LogP contribution in [0.25, 0.3) is 0 Å². The lowest BCUT2D eigenvalue weighted by Crippen LogP contribution is -2.46. The molecule has 0 saturated carbocycles. The van der Waals surface area contributed by atoms with Crippen molar-refractivity contribution >= 4 is 24.0 Å². The maximum absolute atomic E-state index is 12.5. The number of nitrogen functional groups attached to an aromatic ring is 1. The maximum Gasteiger partial charge on any atom is 0.269 e. The van der Waals surface area contributed by atoms with E-state index in [0.717, 1.165) is 5.69 Å². The van der Waals surface area contributed by atoms with Crippen molar-refractivity contribution in [3.63, 3.8) is 0 Å². The van der Waals surface area contributed by atoms with E-state index in [1.807, 2.05) is 0 Å². The van der Waals surface area contributed by atoms with Gasteiger partial charge < -0.3 is 16.4 Å². The molecule has 8 heteroatoms. The van der Waals surface area contributed by atoms with Gasteiger partial charge in [-0.2, -0.15) is 8.78 Å². The topological polar surface area (TPSA) is 85.2 Å². The Morgan fingerprint density at radius 3 is 2.48 bits per heavy atom. The van der Waals surface area contributed by atoms with E-state index in [2.05, 4.69) is 4.98 Å². The molecule has 4 N–H and O–H groups in total. The Kier molecular flexibility index (Phi) is 7.38. The zero-order valence-corrected chi connectivity index (χ0v) is 13.5. The third kappa shape index (κ3) is 5.44. The third-order valence-corrected chi connectivity index (χ3v) is 3.82. The predicted molar refractivity (Wildman–Crippen MR) is 87.2 cm³/mol. The Balaban J connectivity index is 0.00000264. The molecule has 2 heterocycles. The molecule has 0 radical (unpaired) electrons. The Hall–Kier alpha value is -1.73. The van der Waals surface area contributed by atoms with E-state index >= 15 is 0 Å². The fraction of sp³-hybridized carbons (Fsp3) is 0.467. The third-order valence-electron chi connectivity index (χ3n) is 3.82. The molecule has 0 spiro atoms. The monoisotopic (exact) mass is 346 g/mol. The summed E-state index contributed by atoms with van der Waals surface area (Å²) in [5.41, 5.74) is 13.0. The highest BCUT2D eigenvalue weighted by molar-refractivity contribution is 5.85. The van der Waals surface area contributed by atoms with Gasteiger partial charge in [0, 0.05) is 18.8 Å². The minimum Gasteiger partial charge on any atom is -0.397 e. The van der Waals surface area contributed by atoms with Crippen LogP contribution in [0.2, 0.25) is 0 Å². The van der Waals surface area contributed by atoms with Gasteiger partial charge in [0.2, 0.25) is 5.91 Å². The number of carbonyl (C=O) groups is 1. The number of hydrogen-bond acceptors (Lipinski definition) is 4. The number of aryl methyl sites for hydroxylation is 1. The van der Waals surface area contributed by atoms with Gasteiger partial charge in [-0.3, -0.25) is 9.78 Å². The second-order valence-electron chi connectivity index (χ2n) is 5.42. The molecule has 1 aromatic rings. The summed E-state index contributed by atoms with van der Waals surface area (Å²) < 4.78 is 25.0. The molecule has 1 aromatic heterocycles. The van der Waals surface area contributed by atoms with Gasteiger partial charge in [0.1, 0.15) is 0 Å². The second kappa shape index (κ2) is 8.79. The molecule has 1 unspecified atom stereocenters. The van der Waals surface area contributed by atoms with E-state index in [9.17, 15) is 13.6 Å². The van der Waals surface area contributed by atoms with Crippen molar-refractivity contribution in [3.05, 3.63) is 35.7 Å². The number of likely N-dealkylation sites (tertiary alicyclic amines) is 1. The number of hydrogen-bond donors (Lipinski definition) is 2. The fourth-order valence-electron chi connectivity index (χ4n) is 2.43. The summed E-state index contributed by atoms with van der Waals surface area (Å²) in [6.45, 7) is 0.610. The van der Waals surface area contributed by atoms with Crippen LogP contribution in [0.15, 0.2) is 30.0 Å². The zero-order chi connectivity index (χ0) is 16.1. The highest BCUT2D eigenvalue weighted by Gasteiger charge is 2.25. The van der Waals surface area contributed by atoms with Crippen LogP contribution in [0.3, 0.4) is 0 Å². The van der Waals surface area contributed by atoms with Gasteiger partial charge in [-0.1, -0.05) is 0 Å². The first-order chi connectivity index (χ1) is 10.5. The SMILES string of the molecule is Cl.Nc1ccc(CCC(N)C(=O)N2CCC(=C(F)F)CC2)nc1. The number of nitrogens with zero attached hydrogens (tertiary/aromatic N) is 2. The van der Waals surface area contributed by atoms with Crippen LogP contribution >= 0.6 is 12.4 Å². The number of halogens is 3. The number of piperidine rings is 1. The molecule has 1 fully saturated rings. The van der Waals surface area contributed by atoms with Crippen LogP contribution in [0.1, 0.15) is 25.0 Å². The Morgan fingerprint density at radius 2 is 1.96 bits per heavy atom. The van der Waals surface area contributed by atoms with Crippen LogP contribution in [0.5, 0.6) is 0 Å². The van der Waals surface area contributed by atoms with Crippen molar-refractivity contribution in [3.8, 4) is 0 Å². The molecule has 2 rings (SSSR count). The van der Waals surface area contributed by atoms with Gasteiger partial charge in [0.05, 0.1) is 17.9 Å². The summed E-state index contributed by atoms with van der Waals surface area (Å²) in [5, 5.41) is 0. The number of pyridine rings is 1. The maximum atomic E-state index is 12.5. The van der Waals surface area contributed by atoms with Crippen LogP contribution < -0.4 is 11.5 Å². The van der Waals surface area contributed by atoms with Crippen LogP contribution in [-0.2, 0) is 11.2 Å². The molecule has 23 heavy (non-hydrogen) atoms. The first kappa shape index (κ1) is 19.3. The number of carbonyl (C=O) groups excluding carboxylic acids is 1. The summed E-state index contributed by atoms with van der Waals surface area (Å²) >= 11 is 0. The van der Waals surface area contributed by atoms with Crippen molar-refractivity contribution in [2.75, 3.05) is 18.8 Å². The summed E-state index contributed by atoms with van der Waals surface area (Å²) in [6, 6.07) is 2.91. The Bertz CT molecular complexity index is 551.